The molecule has 38 heavy (non-hydrogen) atoms. The lowest BCUT2D eigenvalue weighted by Crippen LogP contribution is -2.19. The van der Waals surface area contributed by atoms with Gasteiger partial charge in [0.05, 0.1) is 38.9 Å². The number of Topliss-reactive ketones (excluding diaryl/α,β-unsaturated/α-hetero) is 1. The van der Waals surface area contributed by atoms with E-state index < -0.39 is 0 Å². The maximum atomic E-state index is 11.8. The number of H-pyrrole nitrogens is 2. The summed E-state index contributed by atoms with van der Waals surface area (Å²) < 4.78 is 5.85. The first kappa shape index (κ1) is 23.9. The van der Waals surface area contributed by atoms with Crippen molar-refractivity contribution in [1.29, 1.82) is 0 Å². The number of carbonyl (C=O) groups is 1. The lowest BCUT2D eigenvalue weighted by Gasteiger charge is -2.11. The first-order valence-corrected chi connectivity index (χ1v) is 12.8. The summed E-state index contributed by atoms with van der Waals surface area (Å²) in [5.74, 6) is 1.33. The van der Waals surface area contributed by atoms with Gasteiger partial charge in [-0.15, -0.1) is 11.3 Å². The summed E-state index contributed by atoms with van der Waals surface area (Å²) in [5, 5.41) is 8.46. The van der Waals surface area contributed by atoms with E-state index in [9.17, 15) is 4.79 Å². The third kappa shape index (κ3) is 4.53. The van der Waals surface area contributed by atoms with E-state index in [-0.39, 0.29) is 5.78 Å². The van der Waals surface area contributed by atoms with Crippen LogP contribution in [0.15, 0.2) is 55.1 Å². The molecule has 11 heteroatoms. The van der Waals surface area contributed by atoms with Crippen LogP contribution in [0.3, 0.4) is 0 Å². The molecular weight excluding hydrogens is 500 g/mol. The minimum Gasteiger partial charge on any atom is -0.491 e. The normalized spacial score (nSPS) is 11.6. The number of nitrogens with zero attached hydrogens (tertiary/aromatic N) is 6. The van der Waals surface area contributed by atoms with Crippen molar-refractivity contribution in [2.45, 2.75) is 6.92 Å². The molecule has 0 saturated heterocycles. The number of hydrogen-bond acceptors (Lipinski definition) is 9. The van der Waals surface area contributed by atoms with Gasteiger partial charge in [0.25, 0.3) is 0 Å². The van der Waals surface area contributed by atoms with E-state index in [2.05, 4.69) is 35.0 Å². The molecule has 0 aromatic carbocycles. The van der Waals surface area contributed by atoms with Gasteiger partial charge in [-0.25, -0.2) is 4.98 Å². The summed E-state index contributed by atoms with van der Waals surface area (Å²) in [6.45, 7) is 2.94. The molecule has 0 unspecified atom stereocenters. The van der Waals surface area contributed by atoms with Gasteiger partial charge in [0.15, 0.2) is 11.6 Å². The Kier molecular flexibility index (Phi) is 6.14. The molecule has 0 aliphatic carbocycles. The average Bonchev–Trinajstić information content (AvgIpc) is 3.66. The molecule has 6 aromatic rings. The highest BCUT2D eigenvalue weighted by Gasteiger charge is 2.18. The van der Waals surface area contributed by atoms with Crippen molar-refractivity contribution >= 4 is 39.1 Å². The van der Waals surface area contributed by atoms with E-state index >= 15 is 0 Å². The van der Waals surface area contributed by atoms with E-state index in [4.69, 9.17) is 9.72 Å². The summed E-state index contributed by atoms with van der Waals surface area (Å²) >= 11 is 1.41. The Hall–Kier alpha value is -4.48. The molecule has 6 aromatic heterocycles. The van der Waals surface area contributed by atoms with Crippen LogP contribution >= 0.6 is 11.3 Å². The first-order chi connectivity index (χ1) is 18.5. The zero-order chi connectivity index (χ0) is 26.2. The van der Waals surface area contributed by atoms with Gasteiger partial charge < -0.3 is 14.6 Å². The Morgan fingerprint density at radius 3 is 2.76 bits per heavy atom. The van der Waals surface area contributed by atoms with E-state index in [0.29, 0.717) is 28.8 Å². The maximum Gasteiger partial charge on any atom is 0.169 e. The molecule has 10 nitrogen and oxygen atoms in total. The van der Waals surface area contributed by atoms with Gasteiger partial charge in [0.2, 0.25) is 0 Å². The minimum absolute atomic E-state index is 0.0319. The van der Waals surface area contributed by atoms with Gasteiger partial charge in [-0.05, 0) is 51.4 Å². The van der Waals surface area contributed by atoms with Crippen LogP contribution in [-0.2, 0) is 0 Å². The minimum atomic E-state index is 0.0319. The smallest absolute Gasteiger partial charge is 0.169 e. The van der Waals surface area contributed by atoms with E-state index in [1.807, 2.05) is 44.4 Å². The topological polar surface area (TPSA) is 126 Å². The zero-order valence-corrected chi connectivity index (χ0v) is 21.8. The number of nitrogens with one attached hydrogen (secondary N) is 2. The maximum absolute atomic E-state index is 11.8. The molecule has 0 fully saturated rings. The van der Waals surface area contributed by atoms with Gasteiger partial charge in [0, 0.05) is 29.9 Å². The number of aromatic amines is 2. The van der Waals surface area contributed by atoms with Crippen LogP contribution in [0.5, 0.6) is 5.75 Å². The highest BCUT2D eigenvalue weighted by Crippen LogP contribution is 2.34. The second-order valence-electron chi connectivity index (χ2n) is 9.11. The predicted octanol–water partition coefficient (Wildman–Crippen LogP) is 4.83. The molecule has 0 spiro atoms. The highest BCUT2D eigenvalue weighted by molar-refractivity contribution is 7.17. The van der Waals surface area contributed by atoms with Crippen LogP contribution in [0.1, 0.15) is 16.6 Å². The predicted molar refractivity (Wildman–Crippen MR) is 147 cm³/mol. The fourth-order valence-electron chi connectivity index (χ4n) is 4.12. The Morgan fingerprint density at radius 2 is 1.95 bits per heavy atom. The summed E-state index contributed by atoms with van der Waals surface area (Å²) in [7, 11) is 4.01. The van der Waals surface area contributed by atoms with Crippen LogP contribution in [-0.4, -0.2) is 73.0 Å². The number of thiophene rings is 1. The Labute approximate surface area is 221 Å². The molecule has 6 rings (SSSR count). The number of aromatic nitrogens is 7. The SMILES string of the molecule is CC(=O)c1ccc(-c2nccc3[nH]c(-c4n[nH]c5cnc(-c6cncc(OCCN(C)C)c6)cc45)nc23)s1. The zero-order valence-electron chi connectivity index (χ0n) is 21.0. The Bertz CT molecular complexity index is 1780. The lowest BCUT2D eigenvalue weighted by atomic mass is 10.1. The summed E-state index contributed by atoms with van der Waals surface area (Å²) in [5.41, 5.74) is 5.33. The summed E-state index contributed by atoms with van der Waals surface area (Å²) in [4.78, 5) is 37.2. The van der Waals surface area contributed by atoms with E-state index in [1.165, 1.54) is 11.3 Å². The number of rotatable bonds is 8. The van der Waals surface area contributed by atoms with Crippen molar-refractivity contribution in [2.24, 2.45) is 0 Å². The Morgan fingerprint density at radius 1 is 1.05 bits per heavy atom. The van der Waals surface area contributed by atoms with Crippen molar-refractivity contribution in [3.05, 3.63) is 60.0 Å². The van der Waals surface area contributed by atoms with Crippen LogP contribution in [0.2, 0.25) is 0 Å². The average molecular weight is 525 g/mol. The molecule has 0 amide bonds. The molecule has 0 aliphatic heterocycles. The van der Waals surface area contributed by atoms with Crippen LogP contribution in [0.25, 0.3) is 55.3 Å². The number of pyridine rings is 3. The fourth-order valence-corrected chi connectivity index (χ4v) is 5.02. The largest absolute Gasteiger partial charge is 0.491 e. The molecule has 6 heterocycles. The molecule has 0 atom stereocenters. The van der Waals surface area contributed by atoms with Gasteiger partial charge in [0.1, 0.15) is 29.3 Å². The second kappa shape index (κ2) is 9.77. The molecular formula is C27H24N8O2S. The van der Waals surface area contributed by atoms with Crippen molar-refractivity contribution in [3.63, 3.8) is 0 Å². The van der Waals surface area contributed by atoms with Gasteiger partial charge in [-0.2, -0.15) is 5.10 Å². The third-order valence-corrected chi connectivity index (χ3v) is 7.27. The molecule has 0 aliphatic rings. The second-order valence-corrected chi connectivity index (χ2v) is 10.2. The van der Waals surface area contributed by atoms with Crippen molar-refractivity contribution in [1.82, 2.24) is 40.0 Å². The molecule has 0 saturated carbocycles. The molecule has 190 valence electrons. The van der Waals surface area contributed by atoms with Crippen molar-refractivity contribution in [2.75, 3.05) is 27.2 Å². The molecule has 0 radical (unpaired) electrons. The highest BCUT2D eigenvalue weighted by atomic mass is 32.1. The number of imidazole rings is 1. The summed E-state index contributed by atoms with van der Waals surface area (Å²) in [6.07, 6.45) is 6.96. The van der Waals surface area contributed by atoms with Crippen LogP contribution in [0.4, 0.5) is 0 Å². The number of likely N-dealkylation sites (N-methyl/N-ethyl adjacent to an activating group) is 1. The standard InChI is InChI=1S/C27H24N8O2S/c1-15(36)22-4-5-23(38-22)26-25-19(6-7-29-26)31-27(32-25)24-18-11-20(30-14-21(18)33-34-24)16-10-17(13-28-12-16)37-9-8-35(2)3/h4-7,10-14H,8-9H2,1-3H3,(H,31,32)(H,33,34). The van der Waals surface area contributed by atoms with Crippen LogP contribution in [0, 0.1) is 0 Å². The Balaban J connectivity index is 1.37. The van der Waals surface area contributed by atoms with E-state index in [0.717, 1.165) is 50.3 Å². The number of carbonyl (C=O) groups excluding carboxylic acids is 1. The number of ketones is 1. The first-order valence-electron chi connectivity index (χ1n) is 12.0. The van der Waals surface area contributed by atoms with Crippen molar-refractivity contribution in [3.8, 4) is 39.1 Å². The third-order valence-electron chi connectivity index (χ3n) is 6.08. The molecule has 2 N–H and O–H groups in total. The number of ether oxygens (including phenoxy) is 1. The van der Waals surface area contributed by atoms with E-state index in [1.54, 1.807) is 31.7 Å². The fraction of sp³-hybridized carbons (Fsp3) is 0.185. The number of fused-ring (bicyclic) bond motifs is 2. The molecule has 0 bridgehead atoms. The van der Waals surface area contributed by atoms with Gasteiger partial charge in [-0.3, -0.25) is 24.8 Å². The quantitative estimate of drug-likeness (QED) is 0.271. The van der Waals surface area contributed by atoms with Gasteiger partial charge in [-0.1, -0.05) is 0 Å². The van der Waals surface area contributed by atoms with Gasteiger partial charge >= 0.3 is 0 Å². The lowest BCUT2D eigenvalue weighted by molar-refractivity contribution is 0.102. The number of hydrogen-bond donors (Lipinski definition) is 2. The monoisotopic (exact) mass is 524 g/mol. The van der Waals surface area contributed by atoms with Crippen molar-refractivity contribution < 1.29 is 9.53 Å². The van der Waals surface area contributed by atoms with Crippen LogP contribution < -0.4 is 4.74 Å². The summed E-state index contributed by atoms with van der Waals surface area (Å²) in [6, 6.07) is 9.52.